The minimum Gasteiger partial charge on any atom is -0.481 e. The number of carbonyl (C=O) groups is 2. The molecule has 3 N–H and O–H groups in total. The number of urea groups is 1. The molecule has 0 bridgehead atoms. The van der Waals surface area contributed by atoms with E-state index in [0.29, 0.717) is 19.4 Å². The number of nitrogens with zero attached hydrogens (tertiary/aromatic N) is 2. The Labute approximate surface area is 144 Å². The molecule has 1 aromatic carbocycles. The molecule has 0 saturated heterocycles. The van der Waals surface area contributed by atoms with Crippen LogP contribution in [0.1, 0.15) is 29.0 Å². The van der Waals surface area contributed by atoms with Crippen LogP contribution in [0.2, 0.25) is 0 Å². The Kier molecular flexibility index (Phi) is 6.68. The number of rotatable bonds is 8. The molecule has 2 rings (SSSR count). The lowest BCUT2D eigenvalue weighted by Crippen LogP contribution is -2.43. The van der Waals surface area contributed by atoms with Crippen molar-refractivity contribution in [2.45, 2.75) is 38.8 Å². The topological polar surface area (TPSA) is 104 Å². The fourth-order valence-electron chi connectivity index (χ4n) is 2.23. The van der Waals surface area contributed by atoms with Crippen molar-refractivity contribution in [3.8, 4) is 0 Å². The summed E-state index contributed by atoms with van der Waals surface area (Å²) in [6.07, 6.45) is 0.969. The first kappa shape index (κ1) is 17.9. The van der Waals surface area contributed by atoms with Crippen LogP contribution in [-0.2, 0) is 17.8 Å². The lowest BCUT2D eigenvalue weighted by molar-refractivity contribution is -0.137. The van der Waals surface area contributed by atoms with Crippen LogP contribution in [0.5, 0.6) is 0 Å². The van der Waals surface area contributed by atoms with E-state index in [1.54, 1.807) is 0 Å². The summed E-state index contributed by atoms with van der Waals surface area (Å²) in [7, 11) is 0. The van der Waals surface area contributed by atoms with Crippen LogP contribution in [0, 0.1) is 6.92 Å². The van der Waals surface area contributed by atoms with Crippen molar-refractivity contribution in [3.05, 3.63) is 46.5 Å². The molecule has 2 aromatic rings. The third-order valence-electron chi connectivity index (χ3n) is 3.52. The Morgan fingerprint density at radius 3 is 2.67 bits per heavy atom. The van der Waals surface area contributed by atoms with E-state index in [-0.39, 0.29) is 18.5 Å². The zero-order chi connectivity index (χ0) is 17.4. The lowest BCUT2D eigenvalue weighted by Gasteiger charge is -2.18. The second kappa shape index (κ2) is 8.97. The number of carbonyl (C=O) groups excluding carboxylic acids is 1. The molecule has 24 heavy (non-hydrogen) atoms. The third-order valence-corrected chi connectivity index (χ3v) is 4.35. The number of aryl methyl sites for hydroxylation is 1. The Hall–Kier alpha value is -2.48. The highest BCUT2D eigenvalue weighted by molar-refractivity contribution is 7.05. The van der Waals surface area contributed by atoms with Crippen LogP contribution in [0.25, 0.3) is 0 Å². The molecule has 0 spiro atoms. The maximum Gasteiger partial charge on any atom is 0.315 e. The zero-order valence-electron chi connectivity index (χ0n) is 13.4. The van der Waals surface area contributed by atoms with Crippen molar-refractivity contribution < 1.29 is 14.7 Å². The van der Waals surface area contributed by atoms with E-state index < -0.39 is 5.97 Å². The van der Waals surface area contributed by atoms with Crippen molar-refractivity contribution in [1.29, 1.82) is 0 Å². The molecule has 1 unspecified atom stereocenters. The summed E-state index contributed by atoms with van der Waals surface area (Å²) >= 11 is 1.25. The van der Waals surface area contributed by atoms with Crippen LogP contribution in [-0.4, -0.2) is 32.7 Å². The largest absolute Gasteiger partial charge is 0.481 e. The van der Waals surface area contributed by atoms with Crippen molar-refractivity contribution >= 4 is 23.5 Å². The molecule has 1 atom stereocenters. The number of hydrogen-bond donors (Lipinski definition) is 3. The minimum absolute atomic E-state index is 0.00958. The van der Waals surface area contributed by atoms with Gasteiger partial charge in [-0.3, -0.25) is 4.79 Å². The molecule has 0 fully saturated rings. The number of aliphatic carboxylic acids is 1. The fourth-order valence-corrected chi connectivity index (χ4v) is 2.80. The second-order valence-corrected chi connectivity index (χ2v) is 6.27. The summed E-state index contributed by atoms with van der Waals surface area (Å²) in [4.78, 5) is 23.8. The Morgan fingerprint density at radius 1 is 1.29 bits per heavy atom. The average Bonchev–Trinajstić information content (AvgIpc) is 2.97. The average molecular weight is 348 g/mol. The summed E-state index contributed by atoms with van der Waals surface area (Å²) in [6.45, 7) is 2.19. The SMILES string of the molecule is Cc1nnsc1CNC(=O)NC(CCC(=O)O)Cc1ccccc1. The van der Waals surface area contributed by atoms with Gasteiger partial charge in [-0.1, -0.05) is 34.8 Å². The monoisotopic (exact) mass is 348 g/mol. The van der Waals surface area contributed by atoms with E-state index in [2.05, 4.69) is 20.2 Å². The van der Waals surface area contributed by atoms with Gasteiger partial charge >= 0.3 is 12.0 Å². The van der Waals surface area contributed by atoms with E-state index in [1.807, 2.05) is 37.3 Å². The van der Waals surface area contributed by atoms with Crippen molar-refractivity contribution in [2.75, 3.05) is 0 Å². The number of benzene rings is 1. The van der Waals surface area contributed by atoms with Gasteiger partial charge in [-0.05, 0) is 36.9 Å². The first-order valence-corrected chi connectivity index (χ1v) is 8.40. The van der Waals surface area contributed by atoms with Gasteiger partial charge in [-0.2, -0.15) is 0 Å². The number of nitrogens with one attached hydrogen (secondary N) is 2. The number of amides is 2. The van der Waals surface area contributed by atoms with Crippen LogP contribution < -0.4 is 10.6 Å². The predicted octanol–water partition coefficient (Wildman–Crippen LogP) is 2.12. The van der Waals surface area contributed by atoms with Gasteiger partial charge in [0.15, 0.2) is 0 Å². The van der Waals surface area contributed by atoms with Crippen LogP contribution >= 0.6 is 11.5 Å². The first-order chi connectivity index (χ1) is 11.5. The summed E-state index contributed by atoms with van der Waals surface area (Å²) in [5.41, 5.74) is 1.85. The summed E-state index contributed by atoms with van der Waals surface area (Å²) in [5.74, 6) is -0.873. The van der Waals surface area contributed by atoms with Gasteiger partial charge in [0.2, 0.25) is 0 Å². The maximum atomic E-state index is 12.1. The number of carboxylic acids is 1. The Bertz CT molecular complexity index is 675. The van der Waals surface area contributed by atoms with Crippen LogP contribution in [0.15, 0.2) is 30.3 Å². The molecule has 1 aromatic heterocycles. The quantitative estimate of drug-likeness (QED) is 0.678. The molecule has 0 aliphatic rings. The van der Waals surface area contributed by atoms with Gasteiger partial charge in [0.1, 0.15) is 0 Å². The highest BCUT2D eigenvalue weighted by Crippen LogP contribution is 2.09. The highest BCUT2D eigenvalue weighted by Gasteiger charge is 2.15. The molecule has 0 saturated carbocycles. The maximum absolute atomic E-state index is 12.1. The standard InChI is InChI=1S/C16H20N4O3S/c1-11-14(24-20-19-11)10-17-16(23)18-13(7-8-15(21)22)9-12-5-3-2-4-6-12/h2-6,13H,7-10H2,1H3,(H,21,22)(H2,17,18,23). The van der Waals surface area contributed by atoms with Crippen molar-refractivity contribution in [2.24, 2.45) is 0 Å². The molecular formula is C16H20N4O3S. The summed E-state index contributed by atoms with van der Waals surface area (Å²) < 4.78 is 3.82. The predicted molar refractivity (Wildman–Crippen MR) is 90.8 cm³/mol. The van der Waals surface area contributed by atoms with Gasteiger partial charge in [-0.25, -0.2) is 4.79 Å². The Balaban J connectivity index is 1.89. The second-order valence-electron chi connectivity index (χ2n) is 5.43. The smallest absolute Gasteiger partial charge is 0.315 e. The van der Waals surface area contributed by atoms with E-state index in [0.717, 1.165) is 16.1 Å². The van der Waals surface area contributed by atoms with Gasteiger partial charge < -0.3 is 15.7 Å². The molecule has 7 nitrogen and oxygen atoms in total. The van der Waals surface area contributed by atoms with Crippen LogP contribution in [0.4, 0.5) is 4.79 Å². The molecule has 0 radical (unpaired) electrons. The third kappa shape index (κ3) is 5.96. The molecule has 0 aliphatic heterocycles. The van der Waals surface area contributed by atoms with Crippen LogP contribution in [0.3, 0.4) is 0 Å². The summed E-state index contributed by atoms with van der Waals surface area (Å²) in [5, 5.41) is 18.4. The first-order valence-electron chi connectivity index (χ1n) is 7.62. The highest BCUT2D eigenvalue weighted by atomic mass is 32.1. The van der Waals surface area contributed by atoms with Crippen molar-refractivity contribution in [1.82, 2.24) is 20.2 Å². The summed E-state index contributed by atoms with van der Waals surface area (Å²) in [6, 6.07) is 9.10. The van der Waals surface area contributed by atoms with Gasteiger partial charge in [0.25, 0.3) is 0 Å². The minimum atomic E-state index is -0.873. The molecule has 8 heteroatoms. The van der Waals surface area contributed by atoms with Gasteiger partial charge in [0, 0.05) is 12.5 Å². The van der Waals surface area contributed by atoms with Crippen molar-refractivity contribution in [3.63, 3.8) is 0 Å². The van der Waals surface area contributed by atoms with Gasteiger partial charge in [-0.15, -0.1) is 5.10 Å². The normalized spacial score (nSPS) is 11.7. The molecule has 2 amide bonds. The van der Waals surface area contributed by atoms with Gasteiger partial charge in [0.05, 0.1) is 17.1 Å². The fraction of sp³-hybridized carbons (Fsp3) is 0.375. The van der Waals surface area contributed by atoms with E-state index in [9.17, 15) is 9.59 Å². The number of aromatic nitrogens is 2. The molecule has 1 heterocycles. The molecule has 0 aliphatic carbocycles. The van der Waals surface area contributed by atoms with E-state index in [4.69, 9.17) is 5.11 Å². The number of hydrogen-bond acceptors (Lipinski definition) is 5. The lowest BCUT2D eigenvalue weighted by atomic mass is 10.0. The Morgan fingerprint density at radius 2 is 2.04 bits per heavy atom. The van der Waals surface area contributed by atoms with E-state index >= 15 is 0 Å². The zero-order valence-corrected chi connectivity index (χ0v) is 14.2. The molecule has 128 valence electrons. The molecular weight excluding hydrogens is 328 g/mol. The number of carboxylic acid groups (broad SMARTS) is 1. The van der Waals surface area contributed by atoms with E-state index in [1.165, 1.54) is 11.5 Å².